The number of carbonyl (C=O) groups is 1. The quantitative estimate of drug-likeness (QED) is 0.730. The summed E-state index contributed by atoms with van der Waals surface area (Å²) in [5.74, 6) is -0.353. The molecule has 2 unspecified atom stereocenters. The van der Waals surface area contributed by atoms with Gasteiger partial charge in [0.25, 0.3) is 0 Å². The van der Waals surface area contributed by atoms with E-state index >= 15 is 0 Å². The number of nitrogens with one attached hydrogen (secondary N) is 1. The largest absolute Gasteiger partial charge is 0.469 e. The van der Waals surface area contributed by atoms with Gasteiger partial charge in [0.2, 0.25) is 0 Å². The van der Waals surface area contributed by atoms with Crippen LogP contribution in [0.1, 0.15) is 39.0 Å². The highest BCUT2D eigenvalue weighted by Crippen LogP contribution is 2.37. The van der Waals surface area contributed by atoms with Crippen molar-refractivity contribution < 1.29 is 17.9 Å². The van der Waals surface area contributed by atoms with Crippen LogP contribution in [-0.2, 0) is 19.4 Å². The summed E-state index contributed by atoms with van der Waals surface area (Å²) < 4.78 is 28.5. The molecule has 5 nitrogen and oxygen atoms in total. The summed E-state index contributed by atoms with van der Waals surface area (Å²) in [6, 6.07) is 0. The lowest BCUT2D eigenvalue weighted by atomic mass is 9.92. The fourth-order valence-corrected chi connectivity index (χ4v) is 4.53. The summed E-state index contributed by atoms with van der Waals surface area (Å²) in [5.41, 5.74) is -0.642. The Hall–Kier alpha value is -0.620. The van der Waals surface area contributed by atoms with Gasteiger partial charge in [0.1, 0.15) is 0 Å². The average Bonchev–Trinajstić information content (AvgIpc) is 2.70. The van der Waals surface area contributed by atoms with E-state index in [9.17, 15) is 13.2 Å². The van der Waals surface area contributed by atoms with Crippen molar-refractivity contribution in [1.29, 1.82) is 0 Å². The average molecular weight is 277 g/mol. The zero-order valence-electron chi connectivity index (χ0n) is 11.4. The molecule has 6 heteroatoms. The van der Waals surface area contributed by atoms with E-state index in [1.54, 1.807) is 0 Å². The van der Waals surface area contributed by atoms with Crippen LogP contribution in [0.2, 0.25) is 0 Å². The zero-order valence-corrected chi connectivity index (χ0v) is 12.2. The zero-order chi connectivity index (χ0) is 13.8. The molecule has 0 aromatic carbocycles. The molecule has 0 radical (unpaired) electrons. The molecular formula is C12H23NO4S. The number of hydrogen-bond acceptors (Lipinski definition) is 5. The van der Waals surface area contributed by atoms with Crippen LogP contribution in [0.5, 0.6) is 0 Å². The predicted molar refractivity (Wildman–Crippen MR) is 70.1 cm³/mol. The lowest BCUT2D eigenvalue weighted by Crippen LogP contribution is -2.55. The van der Waals surface area contributed by atoms with Crippen LogP contribution in [0.4, 0.5) is 0 Å². The maximum Gasteiger partial charge on any atom is 0.307 e. The minimum Gasteiger partial charge on any atom is -0.469 e. The molecule has 1 saturated carbocycles. The van der Waals surface area contributed by atoms with Gasteiger partial charge in [-0.2, -0.15) is 0 Å². The monoisotopic (exact) mass is 277 g/mol. The third-order valence-electron chi connectivity index (χ3n) is 3.64. The van der Waals surface area contributed by atoms with E-state index in [0.717, 1.165) is 12.8 Å². The fraction of sp³-hybridized carbons (Fsp3) is 0.917. The van der Waals surface area contributed by atoms with Crippen LogP contribution in [0.25, 0.3) is 0 Å². The van der Waals surface area contributed by atoms with E-state index in [-0.39, 0.29) is 12.4 Å². The van der Waals surface area contributed by atoms with Crippen molar-refractivity contribution in [3.05, 3.63) is 0 Å². The maximum atomic E-state index is 11.9. The number of ether oxygens (including phenoxy) is 1. The Morgan fingerprint density at radius 1 is 1.50 bits per heavy atom. The van der Waals surface area contributed by atoms with Gasteiger partial charge < -0.3 is 10.1 Å². The smallest absolute Gasteiger partial charge is 0.307 e. The number of sulfone groups is 1. The van der Waals surface area contributed by atoms with Crippen LogP contribution >= 0.6 is 0 Å². The second-order valence-corrected chi connectivity index (χ2v) is 7.27. The fourth-order valence-electron chi connectivity index (χ4n) is 2.83. The SMILES string of the molecule is CCCNC1(CC(=O)OC)CCCC1S(C)(=O)=O. The minimum absolute atomic E-state index is 0.126. The Labute approximate surface area is 109 Å². The number of methoxy groups -OCH3 is 1. The Bertz CT molecular complexity index is 393. The van der Waals surface area contributed by atoms with Gasteiger partial charge in [0.15, 0.2) is 9.84 Å². The molecule has 1 fully saturated rings. The topological polar surface area (TPSA) is 72.5 Å². The third-order valence-corrected chi connectivity index (χ3v) is 5.36. The summed E-state index contributed by atoms with van der Waals surface area (Å²) in [7, 11) is -1.83. The van der Waals surface area contributed by atoms with Crippen LogP contribution in [-0.4, -0.2) is 45.1 Å². The third kappa shape index (κ3) is 3.45. The number of carbonyl (C=O) groups excluding carboxylic acids is 1. The molecule has 0 bridgehead atoms. The van der Waals surface area contributed by atoms with Crippen molar-refractivity contribution in [3.63, 3.8) is 0 Å². The normalized spacial score (nSPS) is 28.3. The van der Waals surface area contributed by atoms with E-state index in [2.05, 4.69) is 5.32 Å². The molecule has 2 atom stereocenters. The van der Waals surface area contributed by atoms with E-state index in [0.29, 0.717) is 19.4 Å². The van der Waals surface area contributed by atoms with E-state index in [1.165, 1.54) is 13.4 Å². The molecule has 18 heavy (non-hydrogen) atoms. The molecule has 0 aromatic rings. The second-order valence-electron chi connectivity index (χ2n) is 5.05. The van der Waals surface area contributed by atoms with Crippen LogP contribution < -0.4 is 5.32 Å². The lowest BCUT2D eigenvalue weighted by Gasteiger charge is -2.34. The van der Waals surface area contributed by atoms with Gasteiger partial charge in [-0.3, -0.25) is 4.79 Å². The second kappa shape index (κ2) is 6.02. The summed E-state index contributed by atoms with van der Waals surface area (Å²) in [4.78, 5) is 11.6. The molecule has 1 aliphatic carbocycles. The number of hydrogen-bond donors (Lipinski definition) is 1. The first kappa shape index (κ1) is 15.4. The van der Waals surface area contributed by atoms with Gasteiger partial charge >= 0.3 is 5.97 Å². The first-order valence-corrected chi connectivity index (χ1v) is 8.32. The molecule has 1 N–H and O–H groups in total. The van der Waals surface area contributed by atoms with Gasteiger partial charge in [-0.05, 0) is 25.8 Å². The highest BCUT2D eigenvalue weighted by Gasteiger charge is 2.49. The molecule has 0 aliphatic heterocycles. The van der Waals surface area contributed by atoms with Gasteiger partial charge in [-0.15, -0.1) is 0 Å². The van der Waals surface area contributed by atoms with Crippen molar-refractivity contribution in [2.45, 2.75) is 49.8 Å². The van der Waals surface area contributed by atoms with Crippen LogP contribution in [0.15, 0.2) is 0 Å². The standard InChI is InChI=1S/C12H23NO4S/c1-4-8-13-12(9-11(14)17-2)7-5-6-10(12)18(3,15)16/h10,13H,4-9H2,1-3H3. The van der Waals surface area contributed by atoms with Crippen LogP contribution in [0, 0.1) is 0 Å². The van der Waals surface area contributed by atoms with E-state index in [4.69, 9.17) is 4.74 Å². The van der Waals surface area contributed by atoms with Gasteiger partial charge in [-0.25, -0.2) is 8.42 Å². The van der Waals surface area contributed by atoms with Gasteiger partial charge in [0, 0.05) is 11.8 Å². The summed E-state index contributed by atoms with van der Waals surface area (Å²) >= 11 is 0. The Balaban J connectivity index is 2.98. The maximum absolute atomic E-state index is 11.9. The lowest BCUT2D eigenvalue weighted by molar-refractivity contribution is -0.142. The summed E-state index contributed by atoms with van der Waals surface area (Å²) in [6.07, 6.45) is 4.43. The first-order valence-electron chi connectivity index (χ1n) is 6.36. The van der Waals surface area contributed by atoms with Gasteiger partial charge in [0.05, 0.1) is 18.8 Å². The van der Waals surface area contributed by atoms with E-state index in [1.807, 2.05) is 6.92 Å². The molecule has 0 heterocycles. The Morgan fingerprint density at radius 2 is 2.17 bits per heavy atom. The van der Waals surface area contributed by atoms with Crippen molar-refractivity contribution in [3.8, 4) is 0 Å². The van der Waals surface area contributed by atoms with Crippen molar-refractivity contribution >= 4 is 15.8 Å². The Kier molecular flexibility index (Phi) is 5.16. The van der Waals surface area contributed by atoms with Crippen LogP contribution in [0.3, 0.4) is 0 Å². The molecule has 0 spiro atoms. The molecule has 1 aliphatic rings. The molecule has 106 valence electrons. The molecule has 0 saturated heterocycles. The van der Waals surface area contributed by atoms with Gasteiger partial charge in [-0.1, -0.05) is 13.3 Å². The van der Waals surface area contributed by atoms with Crippen molar-refractivity contribution in [2.24, 2.45) is 0 Å². The summed E-state index contributed by atoms with van der Waals surface area (Å²) in [6.45, 7) is 2.73. The molecule has 0 amide bonds. The molecular weight excluding hydrogens is 254 g/mol. The predicted octanol–water partition coefficient (Wildman–Crippen LogP) is 0.885. The highest BCUT2D eigenvalue weighted by atomic mass is 32.2. The first-order chi connectivity index (χ1) is 8.35. The Morgan fingerprint density at radius 3 is 2.67 bits per heavy atom. The van der Waals surface area contributed by atoms with Crippen molar-refractivity contribution in [1.82, 2.24) is 5.32 Å². The van der Waals surface area contributed by atoms with Crippen molar-refractivity contribution in [2.75, 3.05) is 19.9 Å². The highest BCUT2D eigenvalue weighted by molar-refractivity contribution is 7.91. The molecule has 1 rings (SSSR count). The summed E-state index contributed by atoms with van der Waals surface area (Å²) in [5, 5.41) is 2.80. The number of rotatable bonds is 6. The van der Waals surface area contributed by atoms with E-state index < -0.39 is 20.6 Å². The molecule has 0 aromatic heterocycles. The minimum atomic E-state index is -3.16. The number of esters is 1.